The van der Waals surface area contributed by atoms with Gasteiger partial charge in [0.25, 0.3) is 0 Å². The molecular formula is C11H17BrN2. The van der Waals surface area contributed by atoms with E-state index in [1.54, 1.807) is 0 Å². The van der Waals surface area contributed by atoms with Crippen LogP contribution < -0.4 is 4.90 Å². The van der Waals surface area contributed by atoms with Crippen molar-refractivity contribution in [2.45, 2.75) is 19.2 Å². The van der Waals surface area contributed by atoms with Gasteiger partial charge >= 0.3 is 0 Å². The molecule has 78 valence electrons. The first-order valence-electron chi connectivity index (χ1n) is 4.86. The van der Waals surface area contributed by atoms with Gasteiger partial charge in [-0.2, -0.15) is 0 Å². The molecule has 1 heterocycles. The Balaban J connectivity index is 2.82. The Morgan fingerprint density at radius 2 is 2.21 bits per heavy atom. The van der Waals surface area contributed by atoms with E-state index in [2.05, 4.69) is 52.8 Å². The zero-order chi connectivity index (χ0) is 10.6. The summed E-state index contributed by atoms with van der Waals surface area (Å²) in [6.07, 6.45) is 1.85. The normalized spacial score (nSPS) is 10.6. The van der Waals surface area contributed by atoms with Crippen LogP contribution in [0.2, 0.25) is 0 Å². The molecule has 0 N–H and O–H groups in total. The molecule has 1 rings (SSSR count). The number of halogens is 1. The average molecular weight is 257 g/mol. The van der Waals surface area contributed by atoms with Crippen LogP contribution >= 0.6 is 15.9 Å². The molecule has 2 nitrogen and oxygen atoms in total. The summed E-state index contributed by atoms with van der Waals surface area (Å²) >= 11 is 3.48. The lowest BCUT2D eigenvalue weighted by atomic mass is 10.2. The second kappa shape index (κ2) is 5.35. The molecule has 0 aromatic carbocycles. The Kier molecular flexibility index (Phi) is 4.39. The third-order valence-corrected chi connectivity index (χ3v) is 2.62. The van der Waals surface area contributed by atoms with Crippen LogP contribution in [0.15, 0.2) is 18.3 Å². The SMILES string of the molecule is CC(C)CN(C)c1ncccc1CBr. The fourth-order valence-electron chi connectivity index (χ4n) is 1.51. The van der Waals surface area contributed by atoms with Crippen molar-refractivity contribution in [3.05, 3.63) is 23.9 Å². The second-order valence-corrected chi connectivity index (χ2v) is 4.45. The first-order valence-corrected chi connectivity index (χ1v) is 5.98. The first kappa shape index (κ1) is 11.5. The third kappa shape index (κ3) is 2.98. The topological polar surface area (TPSA) is 16.1 Å². The molecule has 0 saturated heterocycles. The van der Waals surface area contributed by atoms with Crippen molar-refractivity contribution in [2.24, 2.45) is 5.92 Å². The molecule has 0 aliphatic heterocycles. The lowest BCUT2D eigenvalue weighted by Crippen LogP contribution is -2.24. The molecule has 1 aromatic rings. The van der Waals surface area contributed by atoms with Crippen LogP contribution in [0.4, 0.5) is 5.82 Å². The van der Waals surface area contributed by atoms with Gasteiger partial charge in [0.05, 0.1) is 0 Å². The van der Waals surface area contributed by atoms with Crippen LogP contribution in [-0.2, 0) is 5.33 Å². The summed E-state index contributed by atoms with van der Waals surface area (Å²) < 4.78 is 0. The fraction of sp³-hybridized carbons (Fsp3) is 0.545. The van der Waals surface area contributed by atoms with Crippen LogP contribution in [0.25, 0.3) is 0 Å². The van der Waals surface area contributed by atoms with Crippen molar-refractivity contribution in [3.63, 3.8) is 0 Å². The van der Waals surface area contributed by atoms with Gasteiger partial charge in [-0.15, -0.1) is 0 Å². The molecule has 0 atom stereocenters. The highest BCUT2D eigenvalue weighted by Gasteiger charge is 2.08. The molecule has 0 aliphatic rings. The van der Waals surface area contributed by atoms with Crippen molar-refractivity contribution >= 4 is 21.7 Å². The molecule has 0 unspecified atom stereocenters. The van der Waals surface area contributed by atoms with Gasteiger partial charge in [0, 0.05) is 30.7 Å². The molecule has 0 radical (unpaired) electrons. The van der Waals surface area contributed by atoms with E-state index in [0.29, 0.717) is 5.92 Å². The van der Waals surface area contributed by atoms with E-state index in [4.69, 9.17) is 0 Å². The molecule has 3 heteroatoms. The molecule has 0 amide bonds. The Morgan fingerprint density at radius 1 is 1.50 bits per heavy atom. The predicted octanol–water partition coefficient (Wildman–Crippen LogP) is 3.07. The minimum Gasteiger partial charge on any atom is -0.359 e. The van der Waals surface area contributed by atoms with E-state index in [1.807, 2.05) is 12.3 Å². The van der Waals surface area contributed by atoms with Crippen molar-refractivity contribution in [2.75, 3.05) is 18.5 Å². The summed E-state index contributed by atoms with van der Waals surface area (Å²) in [6.45, 7) is 5.47. The zero-order valence-electron chi connectivity index (χ0n) is 9.00. The molecule has 0 aliphatic carbocycles. The number of hydrogen-bond acceptors (Lipinski definition) is 2. The Labute approximate surface area is 94.5 Å². The van der Waals surface area contributed by atoms with E-state index >= 15 is 0 Å². The molecule has 14 heavy (non-hydrogen) atoms. The number of alkyl halides is 1. The maximum atomic E-state index is 4.40. The van der Waals surface area contributed by atoms with Gasteiger partial charge in [-0.1, -0.05) is 35.8 Å². The average Bonchev–Trinajstić information content (AvgIpc) is 2.16. The standard InChI is InChI=1S/C11H17BrN2/c1-9(2)8-14(3)11-10(7-12)5-4-6-13-11/h4-6,9H,7-8H2,1-3H3. The Bertz CT molecular complexity index is 286. The fourth-order valence-corrected chi connectivity index (χ4v) is 1.95. The number of pyridine rings is 1. The van der Waals surface area contributed by atoms with E-state index < -0.39 is 0 Å². The van der Waals surface area contributed by atoms with Crippen LogP contribution in [-0.4, -0.2) is 18.6 Å². The highest BCUT2D eigenvalue weighted by molar-refractivity contribution is 9.08. The van der Waals surface area contributed by atoms with Gasteiger partial charge < -0.3 is 4.90 Å². The highest BCUT2D eigenvalue weighted by Crippen LogP contribution is 2.19. The van der Waals surface area contributed by atoms with E-state index in [1.165, 1.54) is 5.56 Å². The number of anilines is 1. The quantitative estimate of drug-likeness (QED) is 0.770. The molecule has 0 spiro atoms. The molecular weight excluding hydrogens is 240 g/mol. The van der Waals surface area contributed by atoms with E-state index in [9.17, 15) is 0 Å². The number of hydrogen-bond donors (Lipinski definition) is 0. The summed E-state index contributed by atoms with van der Waals surface area (Å²) in [5.74, 6) is 1.74. The van der Waals surface area contributed by atoms with Crippen molar-refractivity contribution in [3.8, 4) is 0 Å². The number of aromatic nitrogens is 1. The zero-order valence-corrected chi connectivity index (χ0v) is 10.6. The summed E-state index contributed by atoms with van der Waals surface area (Å²) in [5, 5.41) is 0.860. The van der Waals surface area contributed by atoms with E-state index in [-0.39, 0.29) is 0 Å². The summed E-state index contributed by atoms with van der Waals surface area (Å²) in [4.78, 5) is 6.61. The summed E-state index contributed by atoms with van der Waals surface area (Å²) in [6, 6.07) is 4.08. The van der Waals surface area contributed by atoms with Crippen molar-refractivity contribution < 1.29 is 0 Å². The molecule has 1 aromatic heterocycles. The van der Waals surface area contributed by atoms with E-state index in [0.717, 1.165) is 17.7 Å². The van der Waals surface area contributed by atoms with Crippen molar-refractivity contribution in [1.82, 2.24) is 4.98 Å². The first-order chi connectivity index (χ1) is 6.65. The van der Waals surface area contributed by atoms with Crippen LogP contribution in [0.3, 0.4) is 0 Å². The monoisotopic (exact) mass is 256 g/mol. The lowest BCUT2D eigenvalue weighted by molar-refractivity contribution is 0.633. The van der Waals surface area contributed by atoms with Crippen LogP contribution in [0.1, 0.15) is 19.4 Å². The van der Waals surface area contributed by atoms with Gasteiger partial charge in [-0.05, 0) is 12.0 Å². The minimum absolute atomic E-state index is 0.658. The summed E-state index contributed by atoms with van der Waals surface area (Å²) in [5.41, 5.74) is 1.25. The van der Waals surface area contributed by atoms with Crippen LogP contribution in [0.5, 0.6) is 0 Å². The third-order valence-electron chi connectivity index (χ3n) is 2.01. The van der Waals surface area contributed by atoms with Gasteiger partial charge in [0.15, 0.2) is 0 Å². The van der Waals surface area contributed by atoms with Crippen LogP contribution in [0, 0.1) is 5.92 Å². The minimum atomic E-state index is 0.658. The maximum absolute atomic E-state index is 4.40. The van der Waals surface area contributed by atoms with Gasteiger partial charge in [0.2, 0.25) is 0 Å². The van der Waals surface area contributed by atoms with Gasteiger partial charge in [-0.25, -0.2) is 4.98 Å². The largest absolute Gasteiger partial charge is 0.359 e. The lowest BCUT2D eigenvalue weighted by Gasteiger charge is -2.22. The van der Waals surface area contributed by atoms with Gasteiger partial charge in [-0.3, -0.25) is 0 Å². The molecule has 0 fully saturated rings. The maximum Gasteiger partial charge on any atom is 0.132 e. The number of nitrogens with zero attached hydrogens (tertiary/aromatic N) is 2. The predicted molar refractivity (Wildman–Crippen MR) is 65.0 cm³/mol. The van der Waals surface area contributed by atoms with Gasteiger partial charge in [0.1, 0.15) is 5.82 Å². The Morgan fingerprint density at radius 3 is 2.79 bits per heavy atom. The number of rotatable bonds is 4. The molecule has 0 bridgehead atoms. The second-order valence-electron chi connectivity index (χ2n) is 3.89. The molecule has 0 saturated carbocycles. The van der Waals surface area contributed by atoms with Crippen molar-refractivity contribution in [1.29, 1.82) is 0 Å². The Hall–Kier alpha value is -0.570. The smallest absolute Gasteiger partial charge is 0.132 e. The summed E-state index contributed by atoms with van der Waals surface area (Å²) in [7, 11) is 2.09. The highest BCUT2D eigenvalue weighted by atomic mass is 79.9.